The molecule has 1 heterocycles. The summed E-state index contributed by atoms with van der Waals surface area (Å²) in [5.41, 5.74) is 1.58. The molecule has 0 bridgehead atoms. The molecule has 2 aromatic carbocycles. The Bertz CT molecular complexity index is 1040. The monoisotopic (exact) mass is 413 g/mol. The number of rotatable bonds is 7. The third kappa shape index (κ3) is 4.90. The summed E-state index contributed by atoms with van der Waals surface area (Å²) >= 11 is 0. The molecule has 10 heteroatoms. The first kappa shape index (κ1) is 20.3. The molecule has 9 nitrogen and oxygen atoms in total. The summed E-state index contributed by atoms with van der Waals surface area (Å²) in [4.78, 5) is 25.7. The summed E-state index contributed by atoms with van der Waals surface area (Å²) in [7, 11) is -3.72. The van der Waals surface area contributed by atoms with E-state index < -0.39 is 15.9 Å². The van der Waals surface area contributed by atoms with Crippen LogP contribution in [0.2, 0.25) is 0 Å². The van der Waals surface area contributed by atoms with Crippen molar-refractivity contribution in [3.8, 4) is 6.07 Å². The molecule has 3 amide bonds. The Balaban J connectivity index is 1.63. The van der Waals surface area contributed by atoms with Crippen molar-refractivity contribution in [3.63, 3.8) is 0 Å². The Hall–Kier alpha value is -3.42. The van der Waals surface area contributed by atoms with Crippen LogP contribution in [0.4, 0.5) is 16.2 Å². The topological polar surface area (TPSA) is 131 Å². The van der Waals surface area contributed by atoms with Crippen molar-refractivity contribution >= 4 is 33.3 Å². The van der Waals surface area contributed by atoms with Crippen molar-refractivity contribution in [1.29, 1.82) is 5.26 Å². The molecule has 150 valence electrons. The summed E-state index contributed by atoms with van der Waals surface area (Å²) in [6, 6.07) is 14.1. The molecule has 0 unspecified atom stereocenters. The van der Waals surface area contributed by atoms with Gasteiger partial charge in [-0.15, -0.1) is 0 Å². The highest BCUT2D eigenvalue weighted by Gasteiger charge is 2.21. The molecule has 0 aliphatic carbocycles. The van der Waals surface area contributed by atoms with Gasteiger partial charge in [-0.05, 0) is 48.5 Å². The second kappa shape index (κ2) is 8.72. The lowest BCUT2D eigenvalue weighted by atomic mass is 10.2. The van der Waals surface area contributed by atoms with Gasteiger partial charge in [-0.1, -0.05) is 0 Å². The maximum absolute atomic E-state index is 12.4. The average molecular weight is 413 g/mol. The van der Waals surface area contributed by atoms with E-state index in [9.17, 15) is 18.0 Å². The first-order valence-electron chi connectivity index (χ1n) is 8.84. The van der Waals surface area contributed by atoms with Gasteiger partial charge in [-0.3, -0.25) is 9.69 Å². The molecule has 1 aliphatic rings. The molecule has 3 rings (SSSR count). The van der Waals surface area contributed by atoms with Crippen LogP contribution in [0.3, 0.4) is 0 Å². The van der Waals surface area contributed by atoms with Crippen LogP contribution in [0.1, 0.15) is 16.8 Å². The molecule has 1 fully saturated rings. The van der Waals surface area contributed by atoms with Crippen LogP contribution in [0, 0.1) is 11.3 Å². The maximum atomic E-state index is 12.4. The number of carbonyl (C=O) groups is 2. The van der Waals surface area contributed by atoms with Crippen LogP contribution in [0.5, 0.6) is 0 Å². The predicted octanol–water partition coefficient (Wildman–Crippen LogP) is 1.66. The fourth-order valence-corrected chi connectivity index (χ4v) is 3.79. The largest absolute Gasteiger partial charge is 0.336 e. The van der Waals surface area contributed by atoms with E-state index in [1.807, 2.05) is 6.07 Å². The Labute approximate surface area is 168 Å². The average Bonchev–Trinajstić information content (AvgIpc) is 3.14. The summed E-state index contributed by atoms with van der Waals surface area (Å²) in [6.07, 6.45) is 0.0704. The van der Waals surface area contributed by atoms with Gasteiger partial charge >= 0.3 is 6.03 Å². The SMILES string of the molecule is N#CCCNS(=O)(=O)c1ccc(C(=O)Nc2ccc(N3CCNC3=O)cc2)cc1. The summed E-state index contributed by atoms with van der Waals surface area (Å²) in [6.45, 7) is 1.21. The zero-order chi connectivity index (χ0) is 20.9. The Morgan fingerprint density at radius 3 is 2.41 bits per heavy atom. The fourth-order valence-electron chi connectivity index (χ4n) is 2.76. The Morgan fingerprint density at radius 1 is 1.14 bits per heavy atom. The van der Waals surface area contributed by atoms with E-state index in [1.54, 1.807) is 29.2 Å². The van der Waals surface area contributed by atoms with Crippen LogP contribution < -0.4 is 20.3 Å². The lowest BCUT2D eigenvalue weighted by Gasteiger charge is -2.14. The number of nitrogens with one attached hydrogen (secondary N) is 3. The highest BCUT2D eigenvalue weighted by atomic mass is 32.2. The van der Waals surface area contributed by atoms with Crippen molar-refractivity contribution in [2.24, 2.45) is 0 Å². The number of urea groups is 1. The van der Waals surface area contributed by atoms with E-state index in [2.05, 4.69) is 15.4 Å². The Kier molecular flexibility index (Phi) is 6.11. The minimum absolute atomic E-state index is 0.0141. The number of hydrogen-bond donors (Lipinski definition) is 3. The molecule has 0 saturated carbocycles. The van der Waals surface area contributed by atoms with Crippen LogP contribution in [0.25, 0.3) is 0 Å². The second-order valence-corrected chi connectivity index (χ2v) is 7.98. The normalized spacial score (nSPS) is 13.6. The number of anilines is 2. The second-order valence-electron chi connectivity index (χ2n) is 6.21. The Morgan fingerprint density at radius 2 is 1.83 bits per heavy atom. The number of hydrogen-bond acceptors (Lipinski definition) is 5. The lowest BCUT2D eigenvalue weighted by Crippen LogP contribution is -2.27. The molecule has 0 spiro atoms. The maximum Gasteiger partial charge on any atom is 0.321 e. The van der Waals surface area contributed by atoms with Gasteiger partial charge in [0.05, 0.1) is 11.0 Å². The van der Waals surface area contributed by atoms with Gasteiger partial charge in [0.25, 0.3) is 5.91 Å². The third-order valence-corrected chi connectivity index (χ3v) is 5.73. The van der Waals surface area contributed by atoms with E-state index in [0.717, 1.165) is 5.69 Å². The summed E-state index contributed by atoms with van der Waals surface area (Å²) < 4.78 is 26.5. The van der Waals surface area contributed by atoms with Crippen molar-refractivity contribution in [1.82, 2.24) is 10.0 Å². The van der Waals surface area contributed by atoms with Crippen LogP contribution in [0.15, 0.2) is 53.4 Å². The molecule has 3 N–H and O–H groups in total. The number of nitrogens with zero attached hydrogens (tertiary/aromatic N) is 2. The zero-order valence-corrected chi connectivity index (χ0v) is 16.2. The first-order chi connectivity index (χ1) is 13.9. The zero-order valence-electron chi connectivity index (χ0n) is 15.4. The molecule has 1 saturated heterocycles. The van der Waals surface area contributed by atoms with Crippen molar-refractivity contribution in [3.05, 3.63) is 54.1 Å². The number of amides is 3. The first-order valence-corrected chi connectivity index (χ1v) is 10.3. The van der Waals surface area contributed by atoms with E-state index in [-0.39, 0.29) is 23.9 Å². The van der Waals surface area contributed by atoms with Crippen molar-refractivity contribution in [2.45, 2.75) is 11.3 Å². The molecular weight excluding hydrogens is 394 g/mol. The van der Waals surface area contributed by atoms with Crippen LogP contribution in [-0.2, 0) is 10.0 Å². The van der Waals surface area contributed by atoms with Crippen LogP contribution >= 0.6 is 0 Å². The standard InChI is InChI=1S/C19H19N5O4S/c20-10-1-11-22-29(27,28)17-8-2-14(3-9-17)18(25)23-15-4-6-16(7-5-15)24-13-12-21-19(24)26/h2-9,22H,1,11-13H2,(H,21,26)(H,23,25). The van der Waals surface area contributed by atoms with Gasteiger partial charge in [0.15, 0.2) is 0 Å². The van der Waals surface area contributed by atoms with Gasteiger partial charge < -0.3 is 10.6 Å². The summed E-state index contributed by atoms with van der Waals surface area (Å²) in [5.74, 6) is -0.391. The van der Waals surface area contributed by atoms with Gasteiger partial charge in [-0.2, -0.15) is 5.26 Å². The molecule has 0 aromatic heterocycles. The lowest BCUT2D eigenvalue weighted by molar-refractivity contribution is 0.102. The highest BCUT2D eigenvalue weighted by molar-refractivity contribution is 7.89. The van der Waals surface area contributed by atoms with Crippen LogP contribution in [-0.4, -0.2) is 40.0 Å². The third-order valence-electron chi connectivity index (χ3n) is 4.25. The molecular formula is C19H19N5O4S. The summed E-state index contributed by atoms with van der Waals surface area (Å²) in [5, 5.41) is 13.9. The van der Waals surface area contributed by atoms with Gasteiger partial charge in [0.1, 0.15) is 0 Å². The molecule has 1 aliphatic heterocycles. The molecule has 2 aromatic rings. The van der Waals surface area contributed by atoms with Crippen molar-refractivity contribution < 1.29 is 18.0 Å². The minimum atomic E-state index is -3.72. The molecule has 29 heavy (non-hydrogen) atoms. The quantitative estimate of drug-likeness (QED) is 0.594. The number of benzene rings is 2. The molecule has 0 atom stereocenters. The highest BCUT2D eigenvalue weighted by Crippen LogP contribution is 2.20. The van der Waals surface area contributed by atoms with Gasteiger partial charge in [0.2, 0.25) is 10.0 Å². The van der Waals surface area contributed by atoms with E-state index in [4.69, 9.17) is 5.26 Å². The molecule has 0 radical (unpaired) electrons. The smallest absolute Gasteiger partial charge is 0.321 e. The van der Waals surface area contributed by atoms with Gasteiger partial charge in [-0.25, -0.2) is 17.9 Å². The van der Waals surface area contributed by atoms with E-state index in [0.29, 0.717) is 24.3 Å². The number of nitriles is 1. The van der Waals surface area contributed by atoms with Crippen molar-refractivity contribution in [2.75, 3.05) is 29.9 Å². The number of carbonyl (C=O) groups excluding carboxylic acids is 2. The predicted molar refractivity (Wildman–Crippen MR) is 107 cm³/mol. The van der Waals surface area contributed by atoms with E-state index in [1.165, 1.54) is 24.3 Å². The minimum Gasteiger partial charge on any atom is -0.336 e. The van der Waals surface area contributed by atoms with Gasteiger partial charge in [0, 0.05) is 43.0 Å². The fraction of sp³-hybridized carbons (Fsp3) is 0.211. The number of sulfonamides is 1. The van der Waals surface area contributed by atoms with E-state index >= 15 is 0 Å².